The first kappa shape index (κ1) is 12.5. The van der Waals surface area contributed by atoms with Crippen molar-refractivity contribution < 1.29 is 4.79 Å². The molecule has 0 heterocycles. The second kappa shape index (κ2) is 4.97. The van der Waals surface area contributed by atoms with Crippen LogP contribution in [0.2, 0.25) is 0 Å². The van der Waals surface area contributed by atoms with Gasteiger partial charge in [-0.1, -0.05) is 13.3 Å². The topological polar surface area (TPSA) is 55.1 Å². The van der Waals surface area contributed by atoms with Gasteiger partial charge in [0.25, 0.3) is 0 Å². The molecule has 3 nitrogen and oxygen atoms in total. The van der Waals surface area contributed by atoms with E-state index >= 15 is 0 Å². The predicted molar refractivity (Wildman–Crippen MR) is 62.4 cm³/mol. The fraction of sp³-hybridized carbons (Fsp3) is 0.917. The van der Waals surface area contributed by atoms with E-state index < -0.39 is 0 Å². The van der Waals surface area contributed by atoms with Gasteiger partial charge in [-0.05, 0) is 38.5 Å². The van der Waals surface area contributed by atoms with E-state index in [9.17, 15) is 4.79 Å². The molecule has 15 heavy (non-hydrogen) atoms. The zero-order valence-corrected chi connectivity index (χ0v) is 10.2. The highest BCUT2D eigenvalue weighted by molar-refractivity contribution is 5.77. The Hall–Kier alpha value is -0.570. The Balaban J connectivity index is 2.30. The fourth-order valence-corrected chi connectivity index (χ4v) is 2.25. The van der Waals surface area contributed by atoms with Crippen LogP contribution in [0.1, 0.15) is 46.5 Å². The summed E-state index contributed by atoms with van der Waals surface area (Å²) in [6.45, 7) is 6.67. The van der Waals surface area contributed by atoms with Crippen molar-refractivity contribution in [3.8, 4) is 0 Å². The van der Waals surface area contributed by atoms with Gasteiger partial charge in [-0.25, -0.2) is 0 Å². The van der Waals surface area contributed by atoms with Crippen LogP contribution in [0.4, 0.5) is 0 Å². The summed E-state index contributed by atoms with van der Waals surface area (Å²) in [6, 6.07) is 0. The number of hydrogen-bond acceptors (Lipinski definition) is 2. The van der Waals surface area contributed by atoms with Crippen molar-refractivity contribution in [1.82, 2.24) is 5.32 Å². The van der Waals surface area contributed by atoms with E-state index in [4.69, 9.17) is 5.73 Å². The Bertz CT molecular complexity index is 226. The van der Waals surface area contributed by atoms with Crippen LogP contribution in [-0.4, -0.2) is 18.0 Å². The minimum atomic E-state index is -0.263. The summed E-state index contributed by atoms with van der Waals surface area (Å²) >= 11 is 0. The summed E-state index contributed by atoms with van der Waals surface area (Å²) in [5, 5.41) is 2.98. The SMILES string of the molecule is CC1CCC(CC(=O)NC(C)(C)CN)C1. The Kier molecular flexibility index (Phi) is 4.14. The standard InChI is InChI=1S/C12H24N2O/c1-9-4-5-10(6-9)7-11(15)14-12(2,3)8-13/h9-10H,4-8,13H2,1-3H3,(H,14,15). The molecule has 2 unspecified atom stereocenters. The van der Waals surface area contributed by atoms with Crippen LogP contribution in [0.15, 0.2) is 0 Å². The maximum absolute atomic E-state index is 11.7. The molecule has 1 rings (SSSR count). The lowest BCUT2D eigenvalue weighted by Crippen LogP contribution is -2.49. The van der Waals surface area contributed by atoms with Gasteiger partial charge in [-0.2, -0.15) is 0 Å². The summed E-state index contributed by atoms with van der Waals surface area (Å²) in [5.41, 5.74) is 5.31. The van der Waals surface area contributed by atoms with Gasteiger partial charge in [-0.15, -0.1) is 0 Å². The molecule has 0 aromatic carbocycles. The van der Waals surface area contributed by atoms with Gasteiger partial charge < -0.3 is 11.1 Å². The average Bonchev–Trinajstić information content (AvgIpc) is 2.50. The van der Waals surface area contributed by atoms with Gasteiger partial charge in [0, 0.05) is 18.5 Å². The fourth-order valence-electron chi connectivity index (χ4n) is 2.25. The third-order valence-corrected chi connectivity index (χ3v) is 3.27. The summed E-state index contributed by atoms with van der Waals surface area (Å²) in [7, 11) is 0. The lowest BCUT2D eigenvalue weighted by atomic mass is 10.00. The lowest BCUT2D eigenvalue weighted by Gasteiger charge is -2.25. The van der Waals surface area contributed by atoms with E-state index in [1.54, 1.807) is 0 Å². The molecule has 1 fully saturated rings. The van der Waals surface area contributed by atoms with E-state index in [2.05, 4.69) is 12.2 Å². The Morgan fingerprint density at radius 3 is 2.60 bits per heavy atom. The average molecular weight is 212 g/mol. The molecule has 0 bridgehead atoms. The number of nitrogens with two attached hydrogens (primary N) is 1. The van der Waals surface area contributed by atoms with Crippen molar-refractivity contribution in [2.24, 2.45) is 17.6 Å². The van der Waals surface area contributed by atoms with Crippen molar-refractivity contribution in [3.63, 3.8) is 0 Å². The zero-order valence-electron chi connectivity index (χ0n) is 10.2. The van der Waals surface area contributed by atoms with E-state index in [-0.39, 0.29) is 11.4 Å². The molecule has 0 aromatic heterocycles. The molecule has 0 spiro atoms. The third kappa shape index (κ3) is 4.20. The largest absolute Gasteiger partial charge is 0.350 e. The van der Waals surface area contributed by atoms with Crippen LogP contribution in [0.5, 0.6) is 0 Å². The van der Waals surface area contributed by atoms with E-state index in [0.717, 1.165) is 5.92 Å². The Morgan fingerprint density at radius 2 is 2.13 bits per heavy atom. The maximum atomic E-state index is 11.7. The van der Waals surface area contributed by atoms with E-state index in [1.165, 1.54) is 19.3 Å². The number of rotatable bonds is 4. The first-order chi connectivity index (χ1) is 6.93. The Labute approximate surface area is 92.8 Å². The summed E-state index contributed by atoms with van der Waals surface area (Å²) in [6.07, 6.45) is 4.36. The molecular weight excluding hydrogens is 188 g/mol. The van der Waals surface area contributed by atoms with Crippen LogP contribution in [0, 0.1) is 11.8 Å². The van der Waals surface area contributed by atoms with Gasteiger partial charge >= 0.3 is 0 Å². The van der Waals surface area contributed by atoms with Crippen LogP contribution < -0.4 is 11.1 Å². The molecule has 1 saturated carbocycles. The normalized spacial score (nSPS) is 26.7. The highest BCUT2D eigenvalue weighted by atomic mass is 16.1. The van der Waals surface area contributed by atoms with Crippen molar-refractivity contribution >= 4 is 5.91 Å². The molecule has 88 valence electrons. The van der Waals surface area contributed by atoms with Crippen LogP contribution in [0.25, 0.3) is 0 Å². The zero-order chi connectivity index (χ0) is 11.5. The molecule has 1 aliphatic rings. The lowest BCUT2D eigenvalue weighted by molar-refractivity contribution is -0.123. The molecule has 3 heteroatoms. The second-order valence-electron chi connectivity index (χ2n) is 5.62. The number of nitrogens with one attached hydrogen (secondary N) is 1. The summed E-state index contributed by atoms with van der Waals surface area (Å²) < 4.78 is 0. The van der Waals surface area contributed by atoms with Crippen molar-refractivity contribution in [2.75, 3.05) is 6.54 Å². The van der Waals surface area contributed by atoms with Gasteiger partial charge in [0.05, 0.1) is 0 Å². The van der Waals surface area contributed by atoms with E-state index in [0.29, 0.717) is 18.9 Å². The van der Waals surface area contributed by atoms with Gasteiger partial charge in [-0.3, -0.25) is 4.79 Å². The highest BCUT2D eigenvalue weighted by Gasteiger charge is 2.25. The molecule has 0 saturated heterocycles. The quantitative estimate of drug-likeness (QED) is 0.744. The molecule has 0 aliphatic heterocycles. The van der Waals surface area contributed by atoms with Gasteiger partial charge in [0.1, 0.15) is 0 Å². The molecular formula is C12H24N2O. The predicted octanol–water partition coefficient (Wildman–Crippen LogP) is 1.67. The number of carbonyl (C=O) groups excluding carboxylic acids is 1. The molecule has 2 atom stereocenters. The summed E-state index contributed by atoms with van der Waals surface area (Å²) in [5.74, 6) is 1.54. The minimum absolute atomic E-state index is 0.157. The second-order valence-corrected chi connectivity index (χ2v) is 5.62. The van der Waals surface area contributed by atoms with Crippen molar-refractivity contribution in [3.05, 3.63) is 0 Å². The molecule has 3 N–H and O–H groups in total. The first-order valence-corrected chi connectivity index (χ1v) is 5.94. The number of hydrogen-bond donors (Lipinski definition) is 2. The molecule has 0 aromatic rings. The number of carbonyl (C=O) groups is 1. The van der Waals surface area contributed by atoms with Gasteiger partial charge in [0.15, 0.2) is 0 Å². The molecule has 0 radical (unpaired) electrons. The van der Waals surface area contributed by atoms with Crippen LogP contribution in [-0.2, 0) is 4.79 Å². The number of amides is 1. The third-order valence-electron chi connectivity index (χ3n) is 3.27. The van der Waals surface area contributed by atoms with Crippen LogP contribution >= 0.6 is 0 Å². The van der Waals surface area contributed by atoms with Gasteiger partial charge in [0.2, 0.25) is 5.91 Å². The maximum Gasteiger partial charge on any atom is 0.220 e. The molecule has 1 aliphatic carbocycles. The van der Waals surface area contributed by atoms with E-state index in [1.807, 2.05) is 13.8 Å². The van der Waals surface area contributed by atoms with Crippen LogP contribution in [0.3, 0.4) is 0 Å². The molecule has 1 amide bonds. The van der Waals surface area contributed by atoms with Crippen molar-refractivity contribution in [1.29, 1.82) is 0 Å². The smallest absolute Gasteiger partial charge is 0.220 e. The minimum Gasteiger partial charge on any atom is -0.350 e. The summed E-state index contributed by atoms with van der Waals surface area (Å²) in [4.78, 5) is 11.7. The Morgan fingerprint density at radius 1 is 1.47 bits per heavy atom. The first-order valence-electron chi connectivity index (χ1n) is 5.94. The monoisotopic (exact) mass is 212 g/mol. The van der Waals surface area contributed by atoms with Crippen molar-refractivity contribution in [2.45, 2.75) is 52.0 Å². The highest BCUT2D eigenvalue weighted by Crippen LogP contribution is 2.32.